The summed E-state index contributed by atoms with van der Waals surface area (Å²) >= 11 is 0. The maximum Gasteiger partial charge on any atom is 0.227 e. The van der Waals surface area contributed by atoms with E-state index in [-0.39, 0.29) is 5.41 Å². The van der Waals surface area contributed by atoms with Gasteiger partial charge in [0.2, 0.25) is 5.71 Å². The average molecular weight is 225 g/mol. The summed E-state index contributed by atoms with van der Waals surface area (Å²) in [5, 5.41) is 2.30. The summed E-state index contributed by atoms with van der Waals surface area (Å²) in [7, 11) is 0. The van der Waals surface area contributed by atoms with Crippen molar-refractivity contribution in [1.82, 2.24) is 4.98 Å². The van der Waals surface area contributed by atoms with Gasteiger partial charge < -0.3 is 4.42 Å². The molecule has 86 valence electrons. The Morgan fingerprint density at radius 3 is 2.59 bits per heavy atom. The molecule has 2 heteroatoms. The first-order valence-corrected chi connectivity index (χ1v) is 5.84. The fourth-order valence-corrected chi connectivity index (χ4v) is 2.27. The molecule has 0 unspecified atom stereocenters. The van der Waals surface area contributed by atoms with Crippen molar-refractivity contribution in [1.29, 1.82) is 0 Å². The zero-order chi connectivity index (χ0) is 12.0. The summed E-state index contributed by atoms with van der Waals surface area (Å²) in [6.45, 7) is 6.64. The maximum atomic E-state index is 5.78. The summed E-state index contributed by atoms with van der Waals surface area (Å²) < 4.78 is 5.78. The van der Waals surface area contributed by atoms with E-state index >= 15 is 0 Å². The number of para-hydroxylation sites is 1. The fourth-order valence-electron chi connectivity index (χ4n) is 2.27. The summed E-state index contributed by atoms with van der Waals surface area (Å²) in [5.74, 6) is 0. The Balaban J connectivity index is 2.52. The summed E-state index contributed by atoms with van der Waals surface area (Å²) in [6.07, 6.45) is 1.82. The van der Waals surface area contributed by atoms with Crippen LogP contribution in [0.3, 0.4) is 0 Å². The topological polar surface area (TPSA) is 26.0 Å². The van der Waals surface area contributed by atoms with Crippen LogP contribution in [-0.4, -0.2) is 4.98 Å². The van der Waals surface area contributed by atoms with E-state index in [9.17, 15) is 0 Å². The van der Waals surface area contributed by atoms with Crippen LogP contribution in [0.1, 0.15) is 26.3 Å². The summed E-state index contributed by atoms with van der Waals surface area (Å²) in [6, 6.07) is 10.2. The van der Waals surface area contributed by atoms with Crippen molar-refractivity contribution in [3.63, 3.8) is 0 Å². The van der Waals surface area contributed by atoms with E-state index in [0.29, 0.717) is 0 Å². The Kier molecular flexibility index (Phi) is 2.02. The molecular formula is C15H15NO. The van der Waals surface area contributed by atoms with Gasteiger partial charge in [0.1, 0.15) is 5.58 Å². The van der Waals surface area contributed by atoms with Crippen molar-refractivity contribution in [2.24, 2.45) is 0 Å². The van der Waals surface area contributed by atoms with Gasteiger partial charge in [-0.15, -0.1) is 0 Å². The van der Waals surface area contributed by atoms with E-state index in [0.717, 1.165) is 22.1 Å². The number of fused-ring (bicyclic) bond motifs is 3. The molecule has 0 N–H and O–H groups in total. The van der Waals surface area contributed by atoms with Crippen LogP contribution in [0.25, 0.3) is 22.1 Å². The first-order chi connectivity index (χ1) is 8.07. The lowest BCUT2D eigenvalue weighted by molar-refractivity contribution is 0.593. The van der Waals surface area contributed by atoms with Crippen LogP contribution in [0.2, 0.25) is 0 Å². The zero-order valence-corrected chi connectivity index (χ0v) is 10.3. The number of hydrogen-bond acceptors (Lipinski definition) is 2. The van der Waals surface area contributed by atoms with Crippen molar-refractivity contribution >= 4 is 22.1 Å². The highest BCUT2D eigenvalue weighted by Gasteiger charge is 2.20. The molecule has 2 nitrogen and oxygen atoms in total. The second-order valence-electron chi connectivity index (χ2n) is 5.39. The van der Waals surface area contributed by atoms with E-state index < -0.39 is 0 Å². The van der Waals surface area contributed by atoms with Gasteiger partial charge in [0.25, 0.3) is 0 Å². The molecule has 0 aliphatic heterocycles. The predicted molar refractivity (Wildman–Crippen MR) is 70.2 cm³/mol. The van der Waals surface area contributed by atoms with Gasteiger partial charge in [0.05, 0.1) is 5.39 Å². The van der Waals surface area contributed by atoms with Crippen LogP contribution in [-0.2, 0) is 5.41 Å². The molecule has 0 saturated carbocycles. The number of hydrogen-bond donors (Lipinski definition) is 0. The molecule has 17 heavy (non-hydrogen) atoms. The van der Waals surface area contributed by atoms with Crippen LogP contribution in [0.5, 0.6) is 0 Å². The molecule has 0 bridgehead atoms. The third-order valence-electron chi connectivity index (χ3n) is 3.09. The molecule has 0 aliphatic rings. The number of nitrogens with zero attached hydrogens (tertiary/aromatic N) is 1. The van der Waals surface area contributed by atoms with Gasteiger partial charge in [-0.2, -0.15) is 0 Å². The van der Waals surface area contributed by atoms with Crippen molar-refractivity contribution in [3.8, 4) is 0 Å². The summed E-state index contributed by atoms with van der Waals surface area (Å²) in [4.78, 5) is 4.33. The number of aromatic nitrogens is 1. The largest absolute Gasteiger partial charge is 0.438 e. The molecule has 0 fully saturated rings. The molecule has 0 aliphatic carbocycles. The van der Waals surface area contributed by atoms with Gasteiger partial charge in [-0.1, -0.05) is 39.0 Å². The maximum absolute atomic E-state index is 5.78. The molecule has 2 heterocycles. The monoisotopic (exact) mass is 225 g/mol. The van der Waals surface area contributed by atoms with Crippen LogP contribution < -0.4 is 0 Å². The number of furan rings is 1. The molecule has 3 rings (SSSR count). The SMILES string of the molecule is CC(C)(C)c1ccnc2oc3ccccc3c12. The minimum atomic E-state index is 0.0911. The molecule has 0 radical (unpaired) electrons. The van der Waals surface area contributed by atoms with E-state index in [4.69, 9.17) is 4.42 Å². The quantitative estimate of drug-likeness (QED) is 0.570. The lowest BCUT2D eigenvalue weighted by Crippen LogP contribution is -2.11. The lowest BCUT2D eigenvalue weighted by Gasteiger charge is -2.19. The van der Waals surface area contributed by atoms with Gasteiger partial charge in [-0.25, -0.2) is 4.98 Å². The highest BCUT2D eigenvalue weighted by molar-refractivity contribution is 6.05. The molecular weight excluding hydrogens is 210 g/mol. The minimum absolute atomic E-state index is 0.0911. The Labute approximate surface area is 100 Å². The number of benzene rings is 1. The summed E-state index contributed by atoms with van der Waals surface area (Å²) in [5.41, 5.74) is 3.02. The third kappa shape index (κ3) is 1.52. The van der Waals surface area contributed by atoms with E-state index in [1.807, 2.05) is 24.4 Å². The average Bonchev–Trinajstić information content (AvgIpc) is 2.65. The molecule has 3 aromatic rings. The van der Waals surface area contributed by atoms with Crippen molar-refractivity contribution < 1.29 is 4.42 Å². The van der Waals surface area contributed by atoms with Crippen molar-refractivity contribution in [2.75, 3.05) is 0 Å². The Bertz CT molecular complexity index is 689. The molecule has 2 aromatic heterocycles. The highest BCUT2D eigenvalue weighted by Crippen LogP contribution is 2.35. The smallest absolute Gasteiger partial charge is 0.227 e. The lowest BCUT2D eigenvalue weighted by atomic mass is 9.85. The second-order valence-corrected chi connectivity index (χ2v) is 5.39. The normalized spacial score (nSPS) is 12.4. The van der Waals surface area contributed by atoms with Crippen molar-refractivity contribution in [3.05, 3.63) is 42.1 Å². The Hall–Kier alpha value is -1.83. The van der Waals surface area contributed by atoms with Gasteiger partial charge in [-0.05, 0) is 23.1 Å². The number of rotatable bonds is 0. The van der Waals surface area contributed by atoms with Gasteiger partial charge >= 0.3 is 0 Å². The van der Waals surface area contributed by atoms with E-state index in [1.165, 1.54) is 5.56 Å². The Morgan fingerprint density at radius 1 is 1.06 bits per heavy atom. The zero-order valence-electron chi connectivity index (χ0n) is 10.3. The molecule has 0 saturated heterocycles. The van der Waals surface area contributed by atoms with Gasteiger partial charge in [-0.3, -0.25) is 0 Å². The first-order valence-electron chi connectivity index (χ1n) is 5.84. The standard InChI is InChI=1S/C15H15NO/c1-15(2,3)11-8-9-16-14-13(11)10-6-4-5-7-12(10)17-14/h4-9H,1-3H3. The predicted octanol–water partition coefficient (Wildman–Crippen LogP) is 4.28. The first kappa shape index (κ1) is 10.3. The van der Waals surface area contributed by atoms with Crippen LogP contribution in [0.4, 0.5) is 0 Å². The fraction of sp³-hybridized carbons (Fsp3) is 0.267. The highest BCUT2D eigenvalue weighted by atomic mass is 16.3. The molecule has 0 atom stereocenters. The van der Waals surface area contributed by atoms with E-state index in [1.54, 1.807) is 0 Å². The second kappa shape index (κ2) is 3.33. The van der Waals surface area contributed by atoms with Crippen LogP contribution >= 0.6 is 0 Å². The van der Waals surface area contributed by atoms with Gasteiger partial charge in [0.15, 0.2) is 0 Å². The third-order valence-corrected chi connectivity index (χ3v) is 3.09. The van der Waals surface area contributed by atoms with E-state index in [2.05, 4.69) is 37.9 Å². The molecule has 0 amide bonds. The Morgan fingerprint density at radius 2 is 1.82 bits per heavy atom. The van der Waals surface area contributed by atoms with Crippen molar-refractivity contribution in [2.45, 2.75) is 26.2 Å². The number of pyridine rings is 1. The van der Waals surface area contributed by atoms with Crippen LogP contribution in [0.15, 0.2) is 40.9 Å². The van der Waals surface area contributed by atoms with Crippen LogP contribution in [0, 0.1) is 0 Å². The molecule has 1 aromatic carbocycles. The van der Waals surface area contributed by atoms with Gasteiger partial charge in [0, 0.05) is 11.6 Å². The molecule has 0 spiro atoms. The minimum Gasteiger partial charge on any atom is -0.438 e.